The minimum Gasteiger partial charge on any atom is -0.393 e. The molecule has 0 fully saturated rings. The lowest BCUT2D eigenvalue weighted by molar-refractivity contribution is 0.537. The van der Waals surface area contributed by atoms with Crippen LogP contribution in [0.15, 0.2) is 6.33 Å². The molecular formula is C24H47N5. The summed E-state index contributed by atoms with van der Waals surface area (Å²) in [5.74, 6) is 1.44. The minimum absolute atomic E-state index is 0.0750. The highest BCUT2D eigenvalue weighted by Gasteiger charge is 2.14. The number of anilines is 3. The van der Waals surface area contributed by atoms with Crippen LogP contribution in [-0.4, -0.2) is 22.1 Å². The smallest absolute Gasteiger partial charge is 0.155 e. The molecule has 1 rings (SSSR count). The van der Waals surface area contributed by atoms with E-state index in [1.807, 2.05) is 0 Å². The molecule has 0 unspecified atom stereocenters. The molecule has 0 amide bonds. The lowest BCUT2D eigenvalue weighted by Crippen LogP contribution is -2.27. The average molecular weight is 406 g/mol. The van der Waals surface area contributed by atoms with Gasteiger partial charge in [0.2, 0.25) is 0 Å². The predicted octanol–water partition coefficient (Wildman–Crippen LogP) is 7.16. The number of nitrogens with one attached hydrogen (secondary N) is 2. The van der Waals surface area contributed by atoms with Gasteiger partial charge in [-0.1, -0.05) is 90.4 Å². The number of nitrogen functional groups attached to an aromatic ring is 1. The van der Waals surface area contributed by atoms with Crippen LogP contribution in [0, 0.1) is 0 Å². The normalized spacial score (nSPS) is 11.6. The van der Waals surface area contributed by atoms with Gasteiger partial charge in [0.25, 0.3) is 0 Å². The molecule has 1 aromatic heterocycles. The molecule has 0 radical (unpaired) electrons. The first-order chi connectivity index (χ1) is 13.9. The predicted molar refractivity (Wildman–Crippen MR) is 129 cm³/mol. The topological polar surface area (TPSA) is 75.9 Å². The van der Waals surface area contributed by atoms with Crippen LogP contribution in [0.2, 0.25) is 0 Å². The van der Waals surface area contributed by atoms with Crippen molar-refractivity contribution in [1.82, 2.24) is 9.97 Å². The second kappa shape index (κ2) is 15.3. The molecule has 0 spiro atoms. The van der Waals surface area contributed by atoms with Crippen LogP contribution >= 0.6 is 0 Å². The van der Waals surface area contributed by atoms with Crippen molar-refractivity contribution < 1.29 is 0 Å². The molecule has 0 atom stereocenters. The van der Waals surface area contributed by atoms with E-state index in [1.165, 1.54) is 83.5 Å². The molecule has 0 bridgehead atoms. The van der Waals surface area contributed by atoms with Gasteiger partial charge in [0.15, 0.2) is 11.6 Å². The van der Waals surface area contributed by atoms with E-state index < -0.39 is 0 Å². The molecule has 5 nitrogen and oxygen atoms in total. The van der Waals surface area contributed by atoms with Crippen LogP contribution in [0.1, 0.15) is 118 Å². The standard InChI is InChI=1S/C24H47N5/c1-5-6-7-8-9-10-11-12-13-14-15-16-17-18-19-26-22-21(25)23(28-20-27-22)29-24(2,3)4/h20H,5-19,25H2,1-4H3,(H2,26,27,28,29). The Kier molecular flexibility index (Phi) is 13.5. The molecule has 1 aromatic rings. The van der Waals surface area contributed by atoms with Gasteiger partial charge in [0, 0.05) is 12.1 Å². The first-order valence-corrected chi connectivity index (χ1v) is 12.1. The average Bonchev–Trinajstić information content (AvgIpc) is 2.66. The van der Waals surface area contributed by atoms with Crippen molar-refractivity contribution >= 4 is 17.3 Å². The van der Waals surface area contributed by atoms with Gasteiger partial charge in [-0.3, -0.25) is 0 Å². The fraction of sp³-hybridized carbons (Fsp3) is 0.833. The van der Waals surface area contributed by atoms with E-state index >= 15 is 0 Å². The zero-order valence-corrected chi connectivity index (χ0v) is 19.7. The van der Waals surface area contributed by atoms with Crippen LogP contribution in [0.3, 0.4) is 0 Å². The molecule has 29 heavy (non-hydrogen) atoms. The lowest BCUT2D eigenvalue weighted by Gasteiger charge is -2.22. The quantitative estimate of drug-likeness (QED) is 0.240. The zero-order valence-electron chi connectivity index (χ0n) is 19.7. The Morgan fingerprint density at radius 3 is 1.66 bits per heavy atom. The van der Waals surface area contributed by atoms with Gasteiger partial charge >= 0.3 is 0 Å². The molecule has 0 saturated heterocycles. The van der Waals surface area contributed by atoms with E-state index in [0.717, 1.165) is 18.8 Å². The summed E-state index contributed by atoms with van der Waals surface area (Å²) >= 11 is 0. The first-order valence-electron chi connectivity index (χ1n) is 12.1. The molecule has 0 aliphatic rings. The molecule has 5 heteroatoms. The number of nitrogens with two attached hydrogens (primary N) is 1. The van der Waals surface area contributed by atoms with Gasteiger partial charge in [-0.25, -0.2) is 9.97 Å². The largest absolute Gasteiger partial charge is 0.393 e. The highest BCUT2D eigenvalue weighted by atomic mass is 15.1. The van der Waals surface area contributed by atoms with Gasteiger partial charge in [-0.2, -0.15) is 0 Å². The summed E-state index contributed by atoms with van der Waals surface area (Å²) in [5.41, 5.74) is 6.73. The van der Waals surface area contributed by atoms with Crippen molar-refractivity contribution in [3.05, 3.63) is 6.33 Å². The second-order valence-corrected chi connectivity index (χ2v) is 9.38. The van der Waals surface area contributed by atoms with Crippen molar-refractivity contribution in [2.24, 2.45) is 0 Å². The third kappa shape index (κ3) is 13.3. The molecule has 0 aromatic carbocycles. The van der Waals surface area contributed by atoms with Crippen LogP contribution in [0.4, 0.5) is 17.3 Å². The lowest BCUT2D eigenvalue weighted by atomic mass is 10.0. The Labute approximate surface area is 180 Å². The van der Waals surface area contributed by atoms with Crippen LogP contribution in [0.5, 0.6) is 0 Å². The number of hydrogen-bond acceptors (Lipinski definition) is 5. The van der Waals surface area contributed by atoms with Gasteiger partial charge in [0.1, 0.15) is 12.0 Å². The molecule has 0 saturated carbocycles. The van der Waals surface area contributed by atoms with E-state index in [1.54, 1.807) is 6.33 Å². The summed E-state index contributed by atoms with van der Waals surface area (Å²) in [6.07, 6.45) is 20.9. The molecule has 1 heterocycles. The third-order valence-corrected chi connectivity index (χ3v) is 5.20. The van der Waals surface area contributed by atoms with Gasteiger partial charge < -0.3 is 16.4 Å². The van der Waals surface area contributed by atoms with Gasteiger partial charge in [-0.05, 0) is 27.2 Å². The summed E-state index contributed by atoms with van der Waals surface area (Å²) in [6, 6.07) is 0. The second-order valence-electron chi connectivity index (χ2n) is 9.38. The maximum absolute atomic E-state index is 6.20. The molecule has 4 N–H and O–H groups in total. The van der Waals surface area contributed by atoms with Crippen LogP contribution in [0.25, 0.3) is 0 Å². The van der Waals surface area contributed by atoms with Crippen LogP contribution in [-0.2, 0) is 0 Å². The van der Waals surface area contributed by atoms with E-state index in [4.69, 9.17) is 5.73 Å². The summed E-state index contributed by atoms with van der Waals surface area (Å²) in [7, 11) is 0. The number of aromatic nitrogens is 2. The Balaban J connectivity index is 1.99. The Morgan fingerprint density at radius 2 is 1.17 bits per heavy atom. The summed E-state index contributed by atoms with van der Waals surface area (Å²) in [6.45, 7) is 9.48. The number of hydrogen-bond donors (Lipinski definition) is 3. The van der Waals surface area contributed by atoms with E-state index in [9.17, 15) is 0 Å². The maximum atomic E-state index is 6.20. The van der Waals surface area contributed by atoms with Crippen molar-refractivity contribution in [2.45, 2.75) is 123 Å². The van der Waals surface area contributed by atoms with Gasteiger partial charge in [0.05, 0.1) is 0 Å². The molecule has 168 valence electrons. The molecular weight excluding hydrogens is 358 g/mol. The van der Waals surface area contributed by atoms with Crippen molar-refractivity contribution in [1.29, 1.82) is 0 Å². The number of nitrogens with zero attached hydrogens (tertiary/aromatic N) is 2. The summed E-state index contributed by atoms with van der Waals surface area (Å²) in [4.78, 5) is 8.54. The SMILES string of the molecule is CCCCCCCCCCCCCCCCNc1ncnc(NC(C)(C)C)c1N. The molecule has 0 aliphatic carbocycles. The zero-order chi connectivity index (χ0) is 21.4. The monoisotopic (exact) mass is 405 g/mol. The fourth-order valence-electron chi connectivity index (χ4n) is 3.52. The van der Waals surface area contributed by atoms with Crippen LogP contribution < -0.4 is 16.4 Å². The van der Waals surface area contributed by atoms with E-state index in [-0.39, 0.29) is 5.54 Å². The maximum Gasteiger partial charge on any atom is 0.155 e. The highest BCUT2D eigenvalue weighted by Crippen LogP contribution is 2.25. The van der Waals surface area contributed by atoms with Gasteiger partial charge in [-0.15, -0.1) is 0 Å². The number of unbranched alkanes of at least 4 members (excludes halogenated alkanes) is 13. The first kappa shape index (κ1) is 25.5. The van der Waals surface area contributed by atoms with E-state index in [0.29, 0.717) is 11.5 Å². The summed E-state index contributed by atoms with van der Waals surface area (Å²) < 4.78 is 0. The minimum atomic E-state index is -0.0750. The summed E-state index contributed by atoms with van der Waals surface area (Å²) in [5, 5.41) is 6.69. The Hall–Kier alpha value is -1.52. The fourth-order valence-corrected chi connectivity index (χ4v) is 3.52. The van der Waals surface area contributed by atoms with E-state index in [2.05, 4.69) is 48.3 Å². The third-order valence-electron chi connectivity index (χ3n) is 5.20. The van der Waals surface area contributed by atoms with Crippen molar-refractivity contribution in [2.75, 3.05) is 22.9 Å². The highest BCUT2D eigenvalue weighted by molar-refractivity contribution is 5.74. The molecule has 0 aliphatic heterocycles. The van der Waals surface area contributed by atoms with Crippen molar-refractivity contribution in [3.8, 4) is 0 Å². The van der Waals surface area contributed by atoms with Crippen molar-refractivity contribution in [3.63, 3.8) is 0 Å². The Morgan fingerprint density at radius 1 is 0.724 bits per heavy atom. The number of rotatable bonds is 17. The Bertz CT molecular complexity index is 524.